The number of amides is 3. The van der Waals surface area contributed by atoms with Gasteiger partial charge in [-0.05, 0) is 80.2 Å². The highest BCUT2D eigenvalue weighted by molar-refractivity contribution is 6.36. The molecule has 0 spiro atoms. The van der Waals surface area contributed by atoms with Gasteiger partial charge in [-0.2, -0.15) is 4.98 Å². The summed E-state index contributed by atoms with van der Waals surface area (Å²) in [5, 5.41) is 9.78. The van der Waals surface area contributed by atoms with Gasteiger partial charge in [0.15, 0.2) is 0 Å². The summed E-state index contributed by atoms with van der Waals surface area (Å²) in [5.74, 6) is -0.891. The summed E-state index contributed by atoms with van der Waals surface area (Å²) in [4.78, 5) is 66.8. The Morgan fingerprint density at radius 3 is 2.38 bits per heavy atom. The smallest absolute Gasteiger partial charge is 0.408 e. The lowest BCUT2D eigenvalue weighted by Crippen LogP contribution is -2.59. The van der Waals surface area contributed by atoms with Gasteiger partial charge in [-0.1, -0.05) is 45.7 Å². The van der Waals surface area contributed by atoms with E-state index in [2.05, 4.69) is 20.9 Å². The Kier molecular flexibility index (Phi) is 11.1. The van der Waals surface area contributed by atoms with Crippen molar-refractivity contribution in [2.75, 3.05) is 39.3 Å². The van der Waals surface area contributed by atoms with Crippen molar-refractivity contribution in [3.05, 3.63) is 29.5 Å². The average Bonchev–Trinajstić information content (AvgIpc) is 3.98. The van der Waals surface area contributed by atoms with E-state index in [4.69, 9.17) is 44.7 Å². The summed E-state index contributed by atoms with van der Waals surface area (Å²) in [6, 6.07) is 3.47. The largest absolute Gasteiger partial charge is 0.490 e. The molecular weight excluding hydrogens is 808 g/mol. The minimum absolute atomic E-state index is 0.0200. The number of ether oxygens (including phenoxy) is 5. The molecule has 3 N–H and O–H groups in total. The van der Waals surface area contributed by atoms with Crippen LogP contribution >= 0.6 is 11.6 Å². The molecule has 3 amide bonds. The third kappa shape index (κ3) is 8.05. The maximum Gasteiger partial charge on any atom is 0.408 e. The number of oxazole rings is 1. The average molecular weight is 865 g/mol. The van der Waals surface area contributed by atoms with Gasteiger partial charge in [0.05, 0.1) is 31.5 Å². The second kappa shape index (κ2) is 15.8. The van der Waals surface area contributed by atoms with Crippen LogP contribution in [-0.4, -0.2) is 109 Å². The van der Waals surface area contributed by atoms with Crippen molar-refractivity contribution in [1.29, 1.82) is 0 Å². The summed E-state index contributed by atoms with van der Waals surface area (Å²) < 4.78 is 34.5. The number of likely N-dealkylation sites (tertiary alicyclic amines) is 1. The molecule has 1 aliphatic heterocycles. The highest BCUT2D eigenvalue weighted by atomic mass is 35.5. The van der Waals surface area contributed by atoms with Crippen LogP contribution < -0.4 is 25.4 Å². The normalized spacial score (nSPS) is 28.7. The van der Waals surface area contributed by atoms with Gasteiger partial charge in [0, 0.05) is 31.0 Å². The standard InChI is InChI=1S/C44H57ClN6O10/c1-9-24-16-44(24,38(54)57-8)50-36(52)30-14-25(19-51(30)37(53)35(41(4,5)6)49-40(55)61-26-17-42-21-43(42,18-26)22-42)60-32-15-28(29-20-59-39(48-29)46-23(2)3)47-34-27(32)10-11-31(33(34)45)58-13-12-56-7/h10-11,15,20,23-26,30,35H,9,12-14,16-19,21-22H2,1-8H3,(H,46,48)(H,49,55)(H,50,52)/t24-,25-,26?,30+,35-,42?,43?,44-/m1/s1. The molecule has 8 rings (SSSR count). The molecule has 330 valence electrons. The number of aromatic nitrogens is 2. The summed E-state index contributed by atoms with van der Waals surface area (Å²) in [5.41, 5.74) is -0.0757. The molecule has 0 radical (unpaired) electrons. The number of nitrogens with one attached hydrogen (secondary N) is 3. The van der Waals surface area contributed by atoms with Gasteiger partial charge < -0.3 is 49.0 Å². The Morgan fingerprint density at radius 2 is 1.74 bits per heavy atom. The Hall–Kier alpha value is -4.83. The van der Waals surface area contributed by atoms with Gasteiger partial charge in [0.2, 0.25) is 11.8 Å². The number of alkyl carbamates (subject to hydrolysis) is 1. The molecule has 2 aromatic heterocycles. The highest BCUT2D eigenvalue weighted by Crippen LogP contribution is 2.93. The fourth-order valence-electron chi connectivity index (χ4n) is 9.83. The second-order valence-electron chi connectivity index (χ2n) is 19.0. The van der Waals surface area contributed by atoms with Crippen LogP contribution in [0.5, 0.6) is 11.5 Å². The molecule has 5 fully saturated rings. The molecule has 16 nitrogen and oxygen atoms in total. The number of hydrogen-bond donors (Lipinski definition) is 3. The van der Waals surface area contributed by atoms with Crippen LogP contribution in [0.2, 0.25) is 5.02 Å². The first-order chi connectivity index (χ1) is 28.9. The van der Waals surface area contributed by atoms with E-state index in [0.717, 1.165) is 12.8 Å². The zero-order valence-electron chi connectivity index (χ0n) is 36.1. The predicted molar refractivity (Wildman–Crippen MR) is 224 cm³/mol. The number of rotatable bonds is 16. The van der Waals surface area contributed by atoms with Crippen LogP contribution in [0.15, 0.2) is 28.9 Å². The SMILES string of the molecule is CC[C@@H]1C[C@]1(NC(=O)[C@@H]1C[C@@H](Oc2cc(-c3coc(NC(C)C)n3)nc3c(Cl)c(OCCOC)ccc23)CN1C(=O)[C@@H](NC(=O)OC1CC23CC2(C1)C3)C(C)(C)C)C(=O)OC. The lowest BCUT2D eigenvalue weighted by atomic mass is 9.85. The Labute approximate surface area is 360 Å². The van der Waals surface area contributed by atoms with Gasteiger partial charge in [-0.3, -0.25) is 9.59 Å². The molecule has 0 bridgehead atoms. The quantitative estimate of drug-likeness (QED) is 0.108. The minimum Gasteiger partial charge on any atom is -0.490 e. The first-order valence-corrected chi connectivity index (χ1v) is 21.7. The van der Waals surface area contributed by atoms with E-state index < -0.39 is 53.0 Å². The van der Waals surface area contributed by atoms with Crippen molar-refractivity contribution >= 4 is 52.4 Å². The third-order valence-electron chi connectivity index (χ3n) is 13.3. The second-order valence-corrected chi connectivity index (χ2v) is 19.4. The number of halogens is 1. The van der Waals surface area contributed by atoms with Crippen LogP contribution in [0.25, 0.3) is 22.3 Å². The molecule has 5 aliphatic rings. The summed E-state index contributed by atoms with van der Waals surface area (Å²) in [6.07, 6.45) is 5.18. The zero-order valence-corrected chi connectivity index (χ0v) is 36.9. The van der Waals surface area contributed by atoms with Crippen molar-refractivity contribution in [3.8, 4) is 22.9 Å². The molecule has 1 saturated heterocycles. The molecule has 61 heavy (non-hydrogen) atoms. The molecule has 0 unspecified atom stereocenters. The Balaban J connectivity index is 1.10. The van der Waals surface area contributed by atoms with Crippen molar-refractivity contribution < 1.29 is 47.3 Å². The molecule has 3 aromatic rings. The monoisotopic (exact) mass is 864 g/mol. The predicted octanol–water partition coefficient (Wildman–Crippen LogP) is 6.28. The summed E-state index contributed by atoms with van der Waals surface area (Å²) in [7, 11) is 2.87. The minimum atomic E-state index is -1.20. The number of methoxy groups -OCH3 is 2. The lowest BCUT2D eigenvalue weighted by Gasteiger charge is -2.35. The van der Waals surface area contributed by atoms with E-state index in [1.807, 2.05) is 41.5 Å². The summed E-state index contributed by atoms with van der Waals surface area (Å²) >= 11 is 6.96. The summed E-state index contributed by atoms with van der Waals surface area (Å²) in [6.45, 7) is 12.0. The van der Waals surface area contributed by atoms with Crippen LogP contribution in [0, 0.1) is 22.2 Å². The van der Waals surface area contributed by atoms with E-state index in [1.165, 1.54) is 31.1 Å². The Morgan fingerprint density at radius 1 is 1.00 bits per heavy atom. The highest BCUT2D eigenvalue weighted by Gasteiger charge is 2.86. The van der Waals surface area contributed by atoms with Gasteiger partial charge >= 0.3 is 12.1 Å². The van der Waals surface area contributed by atoms with Crippen molar-refractivity contribution in [3.63, 3.8) is 0 Å². The van der Waals surface area contributed by atoms with E-state index >= 15 is 0 Å². The van der Waals surface area contributed by atoms with Crippen LogP contribution in [0.3, 0.4) is 0 Å². The molecule has 3 heterocycles. The number of esters is 1. The number of pyridine rings is 1. The fraction of sp³-hybridized carbons (Fsp3) is 0.636. The molecule has 4 aliphatic carbocycles. The number of carbonyl (C=O) groups is 4. The Bertz CT molecular complexity index is 2200. The van der Waals surface area contributed by atoms with Gasteiger partial charge in [-0.15, -0.1) is 0 Å². The number of benzene rings is 1. The van der Waals surface area contributed by atoms with Crippen molar-refractivity contribution in [2.24, 2.45) is 22.2 Å². The van der Waals surface area contributed by atoms with Crippen LogP contribution in [0.4, 0.5) is 10.8 Å². The number of carbonyl (C=O) groups excluding carboxylic acids is 4. The lowest BCUT2D eigenvalue weighted by molar-refractivity contribution is -0.148. The van der Waals surface area contributed by atoms with Gasteiger partial charge in [-0.25, -0.2) is 14.6 Å². The van der Waals surface area contributed by atoms with Crippen molar-refractivity contribution in [2.45, 2.75) is 122 Å². The molecular formula is C44H57ClN6O10. The van der Waals surface area contributed by atoms with E-state index in [-0.39, 0.29) is 42.7 Å². The van der Waals surface area contributed by atoms with Crippen molar-refractivity contribution in [1.82, 2.24) is 25.5 Å². The van der Waals surface area contributed by atoms with E-state index in [1.54, 1.807) is 25.3 Å². The van der Waals surface area contributed by atoms with Gasteiger partial charge in [0.25, 0.3) is 6.01 Å². The topological polar surface area (TPSA) is 193 Å². The van der Waals surface area contributed by atoms with E-state index in [9.17, 15) is 19.2 Å². The fourth-order valence-corrected chi connectivity index (χ4v) is 10.1. The molecule has 4 saturated carbocycles. The number of hydrogen-bond acceptors (Lipinski definition) is 13. The van der Waals surface area contributed by atoms with E-state index in [0.29, 0.717) is 70.1 Å². The van der Waals surface area contributed by atoms with Crippen LogP contribution in [-0.2, 0) is 28.6 Å². The zero-order chi connectivity index (χ0) is 43.6. The number of anilines is 1. The van der Waals surface area contributed by atoms with Gasteiger partial charge in [0.1, 0.15) is 64.9 Å². The maximum atomic E-state index is 14.9. The molecule has 5 atom stereocenters. The first-order valence-electron chi connectivity index (χ1n) is 21.3. The molecule has 17 heteroatoms. The maximum absolute atomic E-state index is 14.9. The first kappa shape index (κ1) is 42.8. The molecule has 1 aromatic carbocycles. The van der Waals surface area contributed by atoms with Crippen LogP contribution in [0.1, 0.15) is 86.5 Å². The number of nitrogens with zero attached hydrogens (tertiary/aromatic N) is 3. The number of fused-ring (bicyclic) bond motifs is 1. The third-order valence-corrected chi connectivity index (χ3v) is 13.7.